The van der Waals surface area contributed by atoms with Gasteiger partial charge in [0.05, 0.1) is 11.9 Å². The van der Waals surface area contributed by atoms with Gasteiger partial charge < -0.3 is 4.84 Å². The number of halogens is 1. The Labute approximate surface area is 143 Å². The molecule has 0 aliphatic carbocycles. The van der Waals surface area contributed by atoms with Crippen LogP contribution in [0.2, 0.25) is 0 Å². The second-order valence-electron chi connectivity index (χ2n) is 4.66. The number of carbonyl (C=O) groups excluding carboxylic acids is 1. The molecule has 0 atom stereocenters. The van der Waals surface area contributed by atoms with Crippen LogP contribution in [0, 0.1) is 0 Å². The minimum Gasteiger partial charge on any atom is -0.386 e. The van der Waals surface area contributed by atoms with Crippen molar-refractivity contribution in [3.8, 4) is 0 Å². The van der Waals surface area contributed by atoms with E-state index in [9.17, 15) is 4.79 Å². The molecule has 5 nitrogen and oxygen atoms in total. The lowest BCUT2D eigenvalue weighted by molar-refractivity contribution is -0.125. The largest absolute Gasteiger partial charge is 0.386 e. The predicted molar refractivity (Wildman–Crippen MR) is 94.5 cm³/mol. The summed E-state index contributed by atoms with van der Waals surface area (Å²) in [5, 5.41) is 7.77. The Morgan fingerprint density at radius 2 is 1.87 bits per heavy atom. The summed E-state index contributed by atoms with van der Waals surface area (Å²) in [5.74, 6) is -0.369. The van der Waals surface area contributed by atoms with Crippen LogP contribution in [-0.4, -0.2) is 24.4 Å². The maximum atomic E-state index is 11.6. The van der Waals surface area contributed by atoms with E-state index in [2.05, 4.69) is 31.6 Å². The molecule has 1 N–H and O–H groups in total. The van der Waals surface area contributed by atoms with Gasteiger partial charge in [0, 0.05) is 4.47 Å². The fraction of sp³-hybridized carbons (Fsp3) is 0.118. The first kappa shape index (κ1) is 16.9. The van der Waals surface area contributed by atoms with Crippen LogP contribution in [0.4, 0.5) is 0 Å². The van der Waals surface area contributed by atoms with Crippen LogP contribution in [-0.2, 0) is 9.63 Å². The number of carbonyl (C=O) groups is 1. The third-order valence-corrected chi connectivity index (χ3v) is 3.41. The Balaban J connectivity index is 1.77. The molecule has 0 spiro atoms. The van der Waals surface area contributed by atoms with Crippen molar-refractivity contribution in [3.05, 3.63) is 70.2 Å². The number of hydrogen-bond donors (Lipinski definition) is 1. The summed E-state index contributed by atoms with van der Waals surface area (Å²) < 4.78 is 0.989. The third-order valence-electron chi connectivity index (χ3n) is 2.88. The normalized spacial score (nSPS) is 11.5. The minimum atomic E-state index is -0.369. The fourth-order valence-corrected chi connectivity index (χ4v) is 1.93. The van der Waals surface area contributed by atoms with Crippen molar-refractivity contribution in [1.29, 1.82) is 0 Å². The Bertz CT molecular complexity index is 698. The first-order chi connectivity index (χ1) is 11.1. The number of hydrogen-bond acceptors (Lipinski definition) is 4. The van der Waals surface area contributed by atoms with Crippen LogP contribution in [0.3, 0.4) is 0 Å². The number of nitrogens with zero attached hydrogens (tertiary/aromatic N) is 2. The molecule has 23 heavy (non-hydrogen) atoms. The molecule has 1 amide bonds. The van der Waals surface area contributed by atoms with Crippen LogP contribution in [0.5, 0.6) is 0 Å². The van der Waals surface area contributed by atoms with Gasteiger partial charge in [-0.25, -0.2) is 5.43 Å². The molecule has 0 aromatic heterocycles. The zero-order valence-corrected chi connectivity index (χ0v) is 14.2. The molecule has 0 radical (unpaired) electrons. The van der Waals surface area contributed by atoms with Gasteiger partial charge in [-0.3, -0.25) is 4.79 Å². The van der Waals surface area contributed by atoms with E-state index < -0.39 is 0 Å². The highest BCUT2D eigenvalue weighted by Crippen LogP contribution is 2.10. The van der Waals surface area contributed by atoms with Crippen LogP contribution in [0.15, 0.2) is 69.3 Å². The molecule has 0 fully saturated rings. The molecule has 0 aliphatic heterocycles. The SMILES string of the molecule is CC(=NNC(=O)CON=Cc1ccccc1)c1ccc(Br)cc1. The molecule has 6 heteroatoms. The summed E-state index contributed by atoms with van der Waals surface area (Å²) in [6.07, 6.45) is 1.55. The van der Waals surface area contributed by atoms with E-state index in [1.54, 1.807) is 6.21 Å². The quantitative estimate of drug-likeness (QED) is 0.623. The van der Waals surface area contributed by atoms with E-state index in [1.807, 2.05) is 61.5 Å². The fourth-order valence-electron chi connectivity index (χ4n) is 1.67. The van der Waals surface area contributed by atoms with Crippen LogP contribution >= 0.6 is 15.9 Å². The average molecular weight is 374 g/mol. The molecule has 0 aliphatic rings. The monoisotopic (exact) mass is 373 g/mol. The average Bonchev–Trinajstić information content (AvgIpc) is 2.58. The second-order valence-corrected chi connectivity index (χ2v) is 5.57. The van der Waals surface area contributed by atoms with Gasteiger partial charge in [0.2, 0.25) is 0 Å². The van der Waals surface area contributed by atoms with E-state index in [1.165, 1.54) is 0 Å². The molecule has 2 rings (SSSR count). The number of benzene rings is 2. The van der Waals surface area contributed by atoms with Gasteiger partial charge in [-0.2, -0.15) is 5.10 Å². The molecule has 118 valence electrons. The van der Waals surface area contributed by atoms with Crippen LogP contribution < -0.4 is 5.43 Å². The minimum absolute atomic E-state index is 0.194. The zero-order chi connectivity index (χ0) is 16.5. The lowest BCUT2D eigenvalue weighted by atomic mass is 10.1. The van der Waals surface area contributed by atoms with E-state index in [-0.39, 0.29) is 12.5 Å². The van der Waals surface area contributed by atoms with Crippen LogP contribution in [0.1, 0.15) is 18.1 Å². The second kappa shape index (κ2) is 8.85. The van der Waals surface area contributed by atoms with Crippen molar-refractivity contribution >= 4 is 33.8 Å². The Hall–Kier alpha value is -2.47. The highest BCUT2D eigenvalue weighted by molar-refractivity contribution is 9.10. The van der Waals surface area contributed by atoms with Crippen molar-refractivity contribution < 1.29 is 9.63 Å². The van der Waals surface area contributed by atoms with Gasteiger partial charge in [0.15, 0.2) is 6.61 Å². The van der Waals surface area contributed by atoms with Gasteiger partial charge in [-0.1, -0.05) is 63.6 Å². The van der Waals surface area contributed by atoms with Crippen molar-refractivity contribution in [2.75, 3.05) is 6.61 Å². The van der Waals surface area contributed by atoms with Crippen molar-refractivity contribution in [3.63, 3.8) is 0 Å². The van der Waals surface area contributed by atoms with Gasteiger partial charge in [-0.05, 0) is 30.2 Å². The predicted octanol–water partition coefficient (Wildman–Crippen LogP) is 3.34. The Morgan fingerprint density at radius 1 is 1.17 bits per heavy atom. The molecule has 0 unspecified atom stereocenters. The first-order valence-corrected chi connectivity index (χ1v) is 7.74. The summed E-state index contributed by atoms with van der Waals surface area (Å²) in [5.41, 5.74) is 4.97. The number of oxime groups is 1. The van der Waals surface area contributed by atoms with Crippen LogP contribution in [0.25, 0.3) is 0 Å². The molecule has 0 saturated heterocycles. The molecule has 0 saturated carbocycles. The van der Waals surface area contributed by atoms with E-state index in [4.69, 9.17) is 4.84 Å². The maximum absolute atomic E-state index is 11.6. The summed E-state index contributed by atoms with van der Waals surface area (Å²) in [6, 6.07) is 17.1. The molecular weight excluding hydrogens is 358 g/mol. The van der Waals surface area contributed by atoms with E-state index >= 15 is 0 Å². The Morgan fingerprint density at radius 3 is 2.57 bits per heavy atom. The lowest BCUT2D eigenvalue weighted by Gasteiger charge is -2.02. The first-order valence-electron chi connectivity index (χ1n) is 6.94. The summed E-state index contributed by atoms with van der Waals surface area (Å²) in [4.78, 5) is 16.6. The molecule has 0 heterocycles. The maximum Gasteiger partial charge on any atom is 0.280 e. The standard InChI is InChI=1S/C17H16BrN3O2/c1-13(15-7-9-16(18)10-8-15)20-21-17(22)12-23-19-11-14-5-3-2-4-6-14/h2-11H,12H2,1H3,(H,21,22). The zero-order valence-electron chi connectivity index (χ0n) is 12.6. The van der Waals surface area contributed by atoms with Gasteiger partial charge >= 0.3 is 0 Å². The van der Waals surface area contributed by atoms with E-state index in [0.717, 1.165) is 15.6 Å². The number of rotatable bonds is 6. The summed E-state index contributed by atoms with van der Waals surface area (Å²) in [6.45, 7) is 1.62. The molecule has 0 bridgehead atoms. The molecule has 2 aromatic rings. The lowest BCUT2D eigenvalue weighted by Crippen LogP contribution is -2.23. The topological polar surface area (TPSA) is 63.0 Å². The smallest absolute Gasteiger partial charge is 0.280 e. The summed E-state index contributed by atoms with van der Waals surface area (Å²) in [7, 11) is 0. The van der Waals surface area contributed by atoms with Crippen molar-refractivity contribution in [2.24, 2.45) is 10.3 Å². The van der Waals surface area contributed by atoms with Crippen molar-refractivity contribution in [2.45, 2.75) is 6.92 Å². The molecular formula is C17H16BrN3O2. The van der Waals surface area contributed by atoms with Crippen molar-refractivity contribution in [1.82, 2.24) is 5.43 Å². The van der Waals surface area contributed by atoms with Gasteiger partial charge in [0.25, 0.3) is 5.91 Å². The Kier molecular flexibility index (Phi) is 6.50. The highest BCUT2D eigenvalue weighted by Gasteiger charge is 2.01. The van der Waals surface area contributed by atoms with E-state index in [0.29, 0.717) is 5.71 Å². The third kappa shape index (κ3) is 6.04. The number of hydrazone groups is 1. The highest BCUT2D eigenvalue weighted by atomic mass is 79.9. The number of amides is 1. The van der Waals surface area contributed by atoms with Gasteiger partial charge in [-0.15, -0.1) is 0 Å². The molecule has 2 aromatic carbocycles. The summed E-state index contributed by atoms with van der Waals surface area (Å²) >= 11 is 3.37. The van der Waals surface area contributed by atoms with Gasteiger partial charge in [0.1, 0.15) is 0 Å². The number of nitrogens with one attached hydrogen (secondary N) is 1.